The Labute approximate surface area is 174 Å². The van der Waals surface area contributed by atoms with E-state index < -0.39 is 17.9 Å². The van der Waals surface area contributed by atoms with Gasteiger partial charge >= 0.3 is 12.0 Å². The standard InChI is InChI=1S/C22H25N3O5/c1-5-25-14(4)18(21(27)30-13(2)3)19(24-22(25)28)15-8-6-9-16(12-15)23-20(26)17-10-7-11-29-17/h6-13,19H,5H2,1-4H3,(H,23,26)(H,24,28)/t19-/m1/s1. The Morgan fingerprint density at radius 1 is 1.27 bits per heavy atom. The Kier molecular flexibility index (Phi) is 6.25. The summed E-state index contributed by atoms with van der Waals surface area (Å²) in [7, 11) is 0. The summed E-state index contributed by atoms with van der Waals surface area (Å²) in [6, 6.07) is 9.14. The Morgan fingerprint density at radius 2 is 2.03 bits per heavy atom. The van der Waals surface area contributed by atoms with Gasteiger partial charge in [0.05, 0.1) is 24.0 Å². The van der Waals surface area contributed by atoms with Gasteiger partial charge in [0.1, 0.15) is 0 Å². The monoisotopic (exact) mass is 411 g/mol. The fourth-order valence-corrected chi connectivity index (χ4v) is 3.35. The molecule has 1 atom stereocenters. The summed E-state index contributed by atoms with van der Waals surface area (Å²) < 4.78 is 10.5. The van der Waals surface area contributed by atoms with Crippen molar-refractivity contribution in [3.8, 4) is 0 Å². The van der Waals surface area contributed by atoms with E-state index in [1.54, 1.807) is 57.2 Å². The Hall–Kier alpha value is -3.55. The number of nitrogens with one attached hydrogen (secondary N) is 2. The smallest absolute Gasteiger partial charge is 0.338 e. The van der Waals surface area contributed by atoms with E-state index in [1.165, 1.54) is 11.2 Å². The van der Waals surface area contributed by atoms with E-state index in [9.17, 15) is 14.4 Å². The number of allylic oxidation sites excluding steroid dienone is 1. The topological polar surface area (TPSA) is 101 Å². The maximum absolute atomic E-state index is 12.8. The van der Waals surface area contributed by atoms with Gasteiger partial charge in [-0.25, -0.2) is 9.59 Å². The van der Waals surface area contributed by atoms with E-state index >= 15 is 0 Å². The maximum Gasteiger partial charge on any atom is 0.338 e. The van der Waals surface area contributed by atoms with Crippen LogP contribution in [0.5, 0.6) is 0 Å². The van der Waals surface area contributed by atoms with Crippen molar-refractivity contribution < 1.29 is 23.5 Å². The number of hydrogen-bond donors (Lipinski definition) is 2. The fraction of sp³-hybridized carbons (Fsp3) is 0.318. The van der Waals surface area contributed by atoms with Crippen LogP contribution >= 0.6 is 0 Å². The minimum atomic E-state index is -0.702. The van der Waals surface area contributed by atoms with E-state index in [4.69, 9.17) is 9.15 Å². The molecule has 2 N–H and O–H groups in total. The molecule has 1 aliphatic rings. The maximum atomic E-state index is 12.8. The van der Waals surface area contributed by atoms with Crippen molar-refractivity contribution in [2.45, 2.75) is 39.8 Å². The number of rotatable bonds is 6. The molecule has 0 fully saturated rings. The van der Waals surface area contributed by atoms with Crippen LogP contribution in [-0.2, 0) is 9.53 Å². The van der Waals surface area contributed by atoms with Gasteiger partial charge < -0.3 is 19.8 Å². The number of furan rings is 1. The van der Waals surface area contributed by atoms with Gasteiger partial charge in [-0.3, -0.25) is 9.69 Å². The highest BCUT2D eigenvalue weighted by Crippen LogP contribution is 2.32. The van der Waals surface area contributed by atoms with Gasteiger partial charge in [0, 0.05) is 17.9 Å². The van der Waals surface area contributed by atoms with Crippen LogP contribution in [0.4, 0.5) is 10.5 Å². The molecule has 1 aliphatic heterocycles. The van der Waals surface area contributed by atoms with Crippen LogP contribution in [0.25, 0.3) is 0 Å². The van der Waals surface area contributed by atoms with Crippen LogP contribution in [0.3, 0.4) is 0 Å². The summed E-state index contributed by atoms with van der Waals surface area (Å²) in [6.07, 6.45) is 1.12. The number of esters is 1. The van der Waals surface area contributed by atoms with Crippen LogP contribution < -0.4 is 10.6 Å². The molecule has 8 nitrogen and oxygen atoms in total. The van der Waals surface area contributed by atoms with E-state index in [0.29, 0.717) is 29.1 Å². The molecule has 0 aliphatic carbocycles. The third-order valence-electron chi connectivity index (χ3n) is 4.70. The molecule has 0 unspecified atom stereocenters. The van der Waals surface area contributed by atoms with Crippen molar-refractivity contribution in [1.29, 1.82) is 0 Å². The first-order valence-electron chi connectivity index (χ1n) is 9.76. The lowest BCUT2D eigenvalue weighted by Gasteiger charge is -2.35. The summed E-state index contributed by atoms with van der Waals surface area (Å²) >= 11 is 0. The summed E-state index contributed by atoms with van der Waals surface area (Å²) in [4.78, 5) is 39.2. The zero-order valence-corrected chi connectivity index (χ0v) is 17.4. The second-order valence-electron chi connectivity index (χ2n) is 7.14. The van der Waals surface area contributed by atoms with Crippen LogP contribution in [0.1, 0.15) is 49.9 Å². The highest BCUT2D eigenvalue weighted by atomic mass is 16.5. The third kappa shape index (κ3) is 4.37. The largest absolute Gasteiger partial charge is 0.459 e. The van der Waals surface area contributed by atoms with Crippen molar-refractivity contribution in [2.24, 2.45) is 0 Å². The molecule has 158 valence electrons. The highest BCUT2D eigenvalue weighted by molar-refractivity contribution is 6.02. The van der Waals surface area contributed by atoms with Gasteiger partial charge in [0.25, 0.3) is 5.91 Å². The number of anilines is 1. The van der Waals surface area contributed by atoms with Crippen molar-refractivity contribution in [3.05, 3.63) is 65.3 Å². The summed E-state index contributed by atoms with van der Waals surface area (Å²) in [5.41, 5.74) is 2.06. The van der Waals surface area contributed by atoms with Gasteiger partial charge in [-0.1, -0.05) is 12.1 Å². The molecule has 8 heteroatoms. The van der Waals surface area contributed by atoms with Crippen LogP contribution in [0, 0.1) is 0 Å². The summed E-state index contributed by atoms with van der Waals surface area (Å²) in [5.74, 6) is -0.703. The number of ether oxygens (including phenoxy) is 1. The molecular weight excluding hydrogens is 386 g/mol. The molecule has 2 aromatic rings. The van der Waals surface area contributed by atoms with Crippen LogP contribution in [0.15, 0.2) is 58.3 Å². The molecule has 3 amide bonds. The van der Waals surface area contributed by atoms with E-state index in [0.717, 1.165) is 0 Å². The molecule has 2 heterocycles. The molecule has 0 spiro atoms. The zero-order chi connectivity index (χ0) is 21.8. The molecule has 1 aromatic heterocycles. The zero-order valence-electron chi connectivity index (χ0n) is 17.4. The first kappa shape index (κ1) is 21.2. The summed E-state index contributed by atoms with van der Waals surface area (Å²) in [6.45, 7) is 7.52. The van der Waals surface area contributed by atoms with Gasteiger partial charge in [-0.2, -0.15) is 0 Å². The lowest BCUT2D eigenvalue weighted by molar-refractivity contribution is -0.143. The number of benzene rings is 1. The van der Waals surface area contributed by atoms with Crippen molar-refractivity contribution >= 4 is 23.6 Å². The predicted molar refractivity (Wildman–Crippen MR) is 111 cm³/mol. The first-order valence-corrected chi connectivity index (χ1v) is 9.76. The van der Waals surface area contributed by atoms with Gasteiger partial charge in [-0.05, 0) is 57.5 Å². The van der Waals surface area contributed by atoms with Gasteiger partial charge in [-0.15, -0.1) is 0 Å². The second-order valence-corrected chi connectivity index (χ2v) is 7.14. The Balaban J connectivity index is 1.95. The number of nitrogens with zero attached hydrogens (tertiary/aromatic N) is 1. The first-order chi connectivity index (χ1) is 14.3. The van der Waals surface area contributed by atoms with Gasteiger partial charge in [0.15, 0.2) is 5.76 Å². The Morgan fingerprint density at radius 3 is 2.67 bits per heavy atom. The quantitative estimate of drug-likeness (QED) is 0.704. The molecule has 0 saturated carbocycles. The average molecular weight is 411 g/mol. The molecule has 0 saturated heterocycles. The normalized spacial score (nSPS) is 16.5. The summed E-state index contributed by atoms with van der Waals surface area (Å²) in [5, 5.41) is 5.63. The van der Waals surface area contributed by atoms with E-state index in [-0.39, 0.29) is 17.9 Å². The minimum absolute atomic E-state index is 0.182. The number of amides is 3. The molecule has 1 aromatic carbocycles. The number of carbonyl (C=O) groups is 3. The number of urea groups is 1. The second kappa shape index (κ2) is 8.86. The highest BCUT2D eigenvalue weighted by Gasteiger charge is 2.36. The minimum Gasteiger partial charge on any atom is -0.459 e. The van der Waals surface area contributed by atoms with Crippen LogP contribution in [0.2, 0.25) is 0 Å². The SMILES string of the molecule is CCN1C(=O)N[C@H](c2cccc(NC(=O)c3ccco3)c2)C(C(=O)OC(C)C)=C1C. The molecule has 3 rings (SSSR count). The van der Waals surface area contributed by atoms with Crippen molar-refractivity contribution in [2.75, 3.05) is 11.9 Å². The van der Waals surface area contributed by atoms with E-state index in [1.807, 2.05) is 6.92 Å². The van der Waals surface area contributed by atoms with Crippen LogP contribution in [-0.4, -0.2) is 35.5 Å². The molecule has 0 bridgehead atoms. The number of hydrogen-bond acceptors (Lipinski definition) is 5. The van der Waals surface area contributed by atoms with E-state index in [2.05, 4.69) is 10.6 Å². The predicted octanol–water partition coefficient (Wildman–Crippen LogP) is 3.84. The average Bonchev–Trinajstić information content (AvgIpc) is 3.22. The molecule has 0 radical (unpaired) electrons. The van der Waals surface area contributed by atoms with Crippen molar-refractivity contribution in [1.82, 2.24) is 10.2 Å². The molecular formula is C22H25N3O5. The lowest BCUT2D eigenvalue weighted by atomic mass is 9.94. The lowest BCUT2D eigenvalue weighted by Crippen LogP contribution is -2.48. The Bertz CT molecular complexity index is 978. The van der Waals surface area contributed by atoms with Crippen molar-refractivity contribution in [3.63, 3.8) is 0 Å². The molecule has 30 heavy (non-hydrogen) atoms. The fourth-order valence-electron chi connectivity index (χ4n) is 3.35. The van der Waals surface area contributed by atoms with Gasteiger partial charge in [0.2, 0.25) is 0 Å². The number of carbonyl (C=O) groups excluding carboxylic acids is 3. The third-order valence-corrected chi connectivity index (χ3v) is 4.70.